The number of likely N-dealkylation sites (N-methyl/N-ethyl adjacent to an activating group) is 1. The summed E-state index contributed by atoms with van der Waals surface area (Å²) >= 11 is 0. The van der Waals surface area contributed by atoms with Gasteiger partial charge in [0.25, 0.3) is 5.91 Å². The summed E-state index contributed by atoms with van der Waals surface area (Å²) in [6, 6.07) is 8.59. The smallest absolute Gasteiger partial charge is 0.267 e. The van der Waals surface area contributed by atoms with Crippen LogP contribution >= 0.6 is 0 Å². The highest BCUT2D eigenvalue weighted by Crippen LogP contribution is 2.40. The van der Waals surface area contributed by atoms with Gasteiger partial charge in [-0.1, -0.05) is 65.5 Å². The number of rotatable bonds is 13. The van der Waals surface area contributed by atoms with Crippen molar-refractivity contribution >= 4 is 5.91 Å². The van der Waals surface area contributed by atoms with Crippen LogP contribution in [0.15, 0.2) is 30.5 Å². The van der Waals surface area contributed by atoms with Gasteiger partial charge < -0.3 is 19.9 Å². The first-order valence-electron chi connectivity index (χ1n) is 14.2. The molecule has 2 aromatic rings. The number of carbonyl (C=O) groups is 1. The summed E-state index contributed by atoms with van der Waals surface area (Å²) in [6.45, 7) is 21.1. The first kappa shape index (κ1) is 30.7. The van der Waals surface area contributed by atoms with Crippen LogP contribution in [-0.4, -0.2) is 52.3 Å². The molecule has 5 nitrogen and oxygen atoms in total. The summed E-state index contributed by atoms with van der Waals surface area (Å²) < 4.78 is 2.07. The van der Waals surface area contributed by atoms with Gasteiger partial charge in [-0.05, 0) is 81.4 Å². The number of hydrogen-bond acceptors (Lipinski definition) is 3. The van der Waals surface area contributed by atoms with Crippen molar-refractivity contribution in [1.29, 1.82) is 0 Å². The van der Waals surface area contributed by atoms with Crippen molar-refractivity contribution in [2.75, 3.05) is 26.2 Å². The van der Waals surface area contributed by atoms with Gasteiger partial charge in [0.1, 0.15) is 11.3 Å². The highest BCUT2D eigenvalue weighted by atomic mass is 16.3. The molecule has 1 aromatic carbocycles. The number of carbonyl (C=O) groups excluding carboxylic acids is 1. The second-order valence-electron chi connectivity index (χ2n) is 9.99. The largest absolute Gasteiger partial charge is 0.378 e. The van der Waals surface area contributed by atoms with Crippen LogP contribution in [0.25, 0.3) is 0 Å². The number of aromatic nitrogens is 1. The lowest BCUT2D eigenvalue weighted by atomic mass is 9.71. The summed E-state index contributed by atoms with van der Waals surface area (Å²) in [4.78, 5) is 15.5. The monoisotopic (exact) mass is 507 g/mol. The molecule has 0 bridgehead atoms. The van der Waals surface area contributed by atoms with E-state index in [9.17, 15) is 9.90 Å². The lowest BCUT2D eigenvalue weighted by molar-refractivity contribution is 0.0928. The molecule has 0 aliphatic rings. The van der Waals surface area contributed by atoms with Gasteiger partial charge in [-0.2, -0.15) is 0 Å². The Morgan fingerprint density at radius 1 is 0.973 bits per heavy atom. The molecule has 0 atom stereocenters. The molecule has 2 N–H and O–H groups in total. The number of nitrogens with zero attached hydrogens (tertiary/aromatic N) is 2. The molecule has 1 aromatic heterocycles. The molecule has 0 saturated carbocycles. The van der Waals surface area contributed by atoms with Crippen LogP contribution in [0.4, 0.5) is 0 Å². The fourth-order valence-electron chi connectivity index (χ4n) is 5.13. The molecule has 0 aliphatic heterocycles. The summed E-state index contributed by atoms with van der Waals surface area (Å²) in [7, 11) is 0. The average molecular weight is 508 g/mol. The Hall–Kier alpha value is -2.55. The van der Waals surface area contributed by atoms with E-state index < -0.39 is 5.60 Å². The van der Waals surface area contributed by atoms with Crippen molar-refractivity contribution in [1.82, 2.24) is 14.8 Å². The Morgan fingerprint density at radius 2 is 1.62 bits per heavy atom. The van der Waals surface area contributed by atoms with Gasteiger partial charge in [0, 0.05) is 36.8 Å². The van der Waals surface area contributed by atoms with Gasteiger partial charge in [0.15, 0.2) is 0 Å². The second-order valence-corrected chi connectivity index (χ2v) is 9.99. The molecular formula is C32H49N3O2. The molecule has 5 heteroatoms. The third-order valence-electron chi connectivity index (χ3n) is 8.22. The molecule has 0 aliphatic carbocycles. The Kier molecular flexibility index (Phi) is 11.5. The van der Waals surface area contributed by atoms with Crippen molar-refractivity contribution in [2.24, 2.45) is 0 Å². The predicted molar refractivity (Wildman–Crippen MR) is 155 cm³/mol. The third kappa shape index (κ3) is 7.06. The van der Waals surface area contributed by atoms with E-state index in [4.69, 9.17) is 0 Å². The molecular weight excluding hydrogens is 458 g/mol. The van der Waals surface area contributed by atoms with Crippen molar-refractivity contribution in [3.05, 3.63) is 58.4 Å². The Labute approximate surface area is 225 Å². The first-order valence-corrected chi connectivity index (χ1v) is 14.2. The zero-order valence-electron chi connectivity index (χ0n) is 24.5. The molecule has 0 unspecified atom stereocenters. The minimum atomic E-state index is -0.937. The minimum Gasteiger partial charge on any atom is -0.378 e. The van der Waals surface area contributed by atoms with E-state index >= 15 is 0 Å². The van der Waals surface area contributed by atoms with Crippen LogP contribution in [0.3, 0.4) is 0 Å². The van der Waals surface area contributed by atoms with E-state index in [1.165, 1.54) is 11.1 Å². The molecule has 0 fully saturated rings. The fourth-order valence-corrected chi connectivity index (χ4v) is 5.13. The molecule has 1 amide bonds. The SMILES string of the molecule is CCN(CC)CCNC(=O)c1cc(C(CC)(CC)c2ccc(C#CC(O)(CC)CC)c(C)c2)cn1CC. The van der Waals surface area contributed by atoms with Gasteiger partial charge in [-0.25, -0.2) is 0 Å². The number of amides is 1. The highest BCUT2D eigenvalue weighted by Gasteiger charge is 2.33. The topological polar surface area (TPSA) is 57.5 Å². The molecule has 0 spiro atoms. The van der Waals surface area contributed by atoms with Gasteiger partial charge in [0.05, 0.1) is 0 Å². The van der Waals surface area contributed by atoms with Crippen molar-refractivity contribution < 1.29 is 9.90 Å². The first-order chi connectivity index (χ1) is 17.7. The van der Waals surface area contributed by atoms with Crippen LogP contribution in [0.5, 0.6) is 0 Å². The van der Waals surface area contributed by atoms with Gasteiger partial charge >= 0.3 is 0 Å². The maximum Gasteiger partial charge on any atom is 0.267 e. The normalized spacial score (nSPS) is 11.9. The van der Waals surface area contributed by atoms with Gasteiger partial charge in [-0.15, -0.1) is 0 Å². The van der Waals surface area contributed by atoms with Gasteiger partial charge in [-0.3, -0.25) is 4.79 Å². The van der Waals surface area contributed by atoms with E-state index in [0.29, 0.717) is 19.4 Å². The van der Waals surface area contributed by atoms with Crippen molar-refractivity contribution in [3.8, 4) is 11.8 Å². The van der Waals surface area contributed by atoms with Gasteiger partial charge in [0.2, 0.25) is 0 Å². The number of nitrogens with one attached hydrogen (secondary N) is 1. The maximum atomic E-state index is 13.2. The predicted octanol–water partition coefficient (Wildman–Crippen LogP) is 5.90. The molecule has 0 radical (unpaired) electrons. The zero-order valence-corrected chi connectivity index (χ0v) is 24.5. The van der Waals surface area contributed by atoms with E-state index in [1.807, 2.05) is 13.8 Å². The number of benzene rings is 1. The van der Waals surface area contributed by atoms with Crippen molar-refractivity contribution in [3.63, 3.8) is 0 Å². The summed E-state index contributed by atoms with van der Waals surface area (Å²) in [6.07, 6.45) is 5.24. The Bertz CT molecular complexity index is 1080. The summed E-state index contributed by atoms with van der Waals surface area (Å²) in [5, 5.41) is 13.7. The molecule has 37 heavy (non-hydrogen) atoms. The highest BCUT2D eigenvalue weighted by molar-refractivity contribution is 5.93. The molecule has 1 heterocycles. The molecule has 2 rings (SSSR count). The molecule has 0 saturated heterocycles. The lowest BCUT2D eigenvalue weighted by Gasteiger charge is -2.32. The minimum absolute atomic E-state index is 0.0116. The number of hydrogen-bond donors (Lipinski definition) is 2. The maximum absolute atomic E-state index is 13.2. The van der Waals surface area contributed by atoms with E-state index in [-0.39, 0.29) is 11.3 Å². The average Bonchev–Trinajstić information content (AvgIpc) is 3.36. The van der Waals surface area contributed by atoms with E-state index in [1.54, 1.807) is 0 Å². The summed E-state index contributed by atoms with van der Waals surface area (Å²) in [5.41, 5.74) is 4.07. The number of aryl methyl sites for hydroxylation is 2. The van der Waals surface area contributed by atoms with E-state index in [0.717, 1.165) is 55.8 Å². The quantitative estimate of drug-likeness (QED) is 0.332. The zero-order chi connectivity index (χ0) is 27.6. The number of aliphatic hydroxyl groups is 1. The van der Waals surface area contributed by atoms with E-state index in [2.05, 4.69) is 98.6 Å². The van der Waals surface area contributed by atoms with Crippen LogP contribution in [0, 0.1) is 18.8 Å². The van der Waals surface area contributed by atoms with Crippen LogP contribution in [0.1, 0.15) is 107 Å². The Balaban J connectivity index is 2.41. The summed E-state index contributed by atoms with van der Waals surface area (Å²) in [5.74, 6) is 6.30. The van der Waals surface area contributed by atoms with Crippen LogP contribution in [-0.2, 0) is 12.0 Å². The third-order valence-corrected chi connectivity index (χ3v) is 8.22. The lowest BCUT2D eigenvalue weighted by Crippen LogP contribution is -2.35. The Morgan fingerprint density at radius 3 is 2.14 bits per heavy atom. The van der Waals surface area contributed by atoms with Crippen LogP contribution in [0.2, 0.25) is 0 Å². The fraction of sp³-hybridized carbons (Fsp3) is 0.594. The van der Waals surface area contributed by atoms with Crippen molar-refractivity contribution in [2.45, 2.75) is 98.6 Å². The van der Waals surface area contributed by atoms with Crippen LogP contribution < -0.4 is 5.32 Å². The molecule has 204 valence electrons. The standard InChI is InChI=1S/C32H49N3O2/c1-9-31(37,10-2)19-18-26-16-17-27(22-25(26)8)32(11-3,12-4)28-23-29(35(15-7)24-28)30(36)33-20-21-34(13-5)14-6/h16-17,22-24,37H,9-15,20-21H2,1-8H3,(H,33,36). The second kappa shape index (κ2) is 13.8.